The van der Waals surface area contributed by atoms with Crippen LogP contribution >= 0.6 is 22.9 Å². The summed E-state index contributed by atoms with van der Waals surface area (Å²) < 4.78 is 0. The Morgan fingerprint density at radius 1 is 1.15 bits per heavy atom. The fourth-order valence-electron chi connectivity index (χ4n) is 1.96. The lowest BCUT2D eigenvalue weighted by Crippen LogP contribution is -1.98. The van der Waals surface area contributed by atoms with Crippen molar-refractivity contribution in [3.8, 4) is 11.3 Å². The van der Waals surface area contributed by atoms with Gasteiger partial charge in [0.2, 0.25) is 5.95 Å². The molecular formula is C13H9ClN4OS. The highest BCUT2D eigenvalue weighted by molar-refractivity contribution is 7.21. The van der Waals surface area contributed by atoms with Crippen molar-refractivity contribution < 1.29 is 4.79 Å². The SMILES string of the molecule is Nc1nc(-c2ccc(Cl)cc2)c2c(N)c(C=O)sc2n1. The predicted octanol–water partition coefficient (Wildman–Crippen LogP) is 2.99. The minimum Gasteiger partial charge on any atom is -0.397 e. The van der Waals surface area contributed by atoms with Gasteiger partial charge >= 0.3 is 0 Å². The normalized spacial score (nSPS) is 10.8. The van der Waals surface area contributed by atoms with Crippen LogP contribution in [-0.2, 0) is 0 Å². The molecule has 0 saturated carbocycles. The zero-order valence-electron chi connectivity index (χ0n) is 10.1. The van der Waals surface area contributed by atoms with Crippen LogP contribution in [0.5, 0.6) is 0 Å². The first kappa shape index (κ1) is 12.8. The Balaban J connectivity index is 2.36. The Morgan fingerprint density at radius 3 is 2.50 bits per heavy atom. The quantitative estimate of drug-likeness (QED) is 0.710. The Morgan fingerprint density at radius 2 is 1.85 bits per heavy atom. The molecule has 0 radical (unpaired) electrons. The molecule has 0 aliphatic carbocycles. The molecule has 5 nitrogen and oxygen atoms in total. The van der Waals surface area contributed by atoms with Gasteiger partial charge in [0, 0.05) is 10.6 Å². The summed E-state index contributed by atoms with van der Waals surface area (Å²) in [6.07, 6.45) is 0.712. The molecule has 0 unspecified atom stereocenters. The van der Waals surface area contributed by atoms with E-state index in [1.165, 1.54) is 11.3 Å². The number of fused-ring (bicyclic) bond motifs is 1. The fraction of sp³-hybridized carbons (Fsp3) is 0. The predicted molar refractivity (Wildman–Crippen MR) is 82.1 cm³/mol. The first-order chi connectivity index (χ1) is 9.60. The van der Waals surface area contributed by atoms with Crippen molar-refractivity contribution >= 4 is 51.1 Å². The van der Waals surface area contributed by atoms with E-state index < -0.39 is 0 Å². The molecular weight excluding hydrogens is 296 g/mol. The van der Waals surface area contributed by atoms with Crippen molar-refractivity contribution in [1.82, 2.24) is 9.97 Å². The first-order valence-electron chi connectivity index (χ1n) is 5.66. The highest BCUT2D eigenvalue weighted by atomic mass is 35.5. The summed E-state index contributed by atoms with van der Waals surface area (Å²) in [6.45, 7) is 0. The van der Waals surface area contributed by atoms with Crippen LogP contribution in [0.4, 0.5) is 11.6 Å². The van der Waals surface area contributed by atoms with Gasteiger partial charge in [-0.05, 0) is 12.1 Å². The average Bonchev–Trinajstić information content (AvgIpc) is 2.75. The lowest BCUT2D eigenvalue weighted by atomic mass is 10.1. The second-order valence-corrected chi connectivity index (χ2v) is 5.58. The van der Waals surface area contributed by atoms with Gasteiger partial charge in [0.25, 0.3) is 0 Å². The third-order valence-corrected chi connectivity index (χ3v) is 4.14. The van der Waals surface area contributed by atoms with Crippen LogP contribution < -0.4 is 11.5 Å². The summed E-state index contributed by atoms with van der Waals surface area (Å²) in [6, 6.07) is 7.15. The number of halogens is 1. The number of thiophene rings is 1. The van der Waals surface area contributed by atoms with Gasteiger partial charge in [-0.3, -0.25) is 4.79 Å². The number of nitrogen functional groups attached to an aromatic ring is 2. The summed E-state index contributed by atoms with van der Waals surface area (Å²) in [7, 11) is 0. The number of carbonyl (C=O) groups is 1. The van der Waals surface area contributed by atoms with Crippen molar-refractivity contribution in [3.63, 3.8) is 0 Å². The van der Waals surface area contributed by atoms with Crippen molar-refractivity contribution in [2.24, 2.45) is 0 Å². The summed E-state index contributed by atoms with van der Waals surface area (Å²) in [5.74, 6) is 0.140. The van der Waals surface area contributed by atoms with Crippen molar-refractivity contribution in [1.29, 1.82) is 0 Å². The Kier molecular flexibility index (Phi) is 3.04. The third kappa shape index (κ3) is 1.99. The van der Waals surface area contributed by atoms with E-state index >= 15 is 0 Å². The van der Waals surface area contributed by atoms with Crippen LogP contribution in [0.3, 0.4) is 0 Å². The molecule has 3 aromatic rings. The molecule has 0 aliphatic rings. The number of hydrogen-bond donors (Lipinski definition) is 2. The van der Waals surface area contributed by atoms with Crippen LogP contribution in [-0.4, -0.2) is 16.3 Å². The zero-order valence-corrected chi connectivity index (χ0v) is 11.7. The molecule has 2 aromatic heterocycles. The monoisotopic (exact) mass is 304 g/mol. The molecule has 3 rings (SSSR count). The summed E-state index contributed by atoms with van der Waals surface area (Å²) in [5, 5.41) is 1.27. The van der Waals surface area contributed by atoms with Gasteiger partial charge in [-0.1, -0.05) is 23.7 Å². The van der Waals surface area contributed by atoms with E-state index in [1.807, 2.05) is 12.1 Å². The number of rotatable bonds is 2. The Labute approximate surface area is 123 Å². The number of anilines is 2. The van der Waals surface area contributed by atoms with Crippen molar-refractivity contribution in [3.05, 3.63) is 34.2 Å². The van der Waals surface area contributed by atoms with E-state index in [2.05, 4.69) is 9.97 Å². The molecule has 20 heavy (non-hydrogen) atoms. The Bertz CT molecular complexity index is 813. The van der Waals surface area contributed by atoms with Gasteiger partial charge < -0.3 is 11.5 Å². The lowest BCUT2D eigenvalue weighted by molar-refractivity contribution is 0.112. The van der Waals surface area contributed by atoms with E-state index in [-0.39, 0.29) is 5.95 Å². The molecule has 0 fully saturated rings. The van der Waals surface area contributed by atoms with Crippen LogP contribution in [0.1, 0.15) is 9.67 Å². The van der Waals surface area contributed by atoms with Gasteiger partial charge in [-0.15, -0.1) is 11.3 Å². The van der Waals surface area contributed by atoms with Gasteiger partial charge in [-0.2, -0.15) is 0 Å². The molecule has 0 amide bonds. The molecule has 100 valence electrons. The minimum atomic E-state index is 0.140. The molecule has 0 spiro atoms. The van der Waals surface area contributed by atoms with Gasteiger partial charge in [-0.25, -0.2) is 9.97 Å². The topological polar surface area (TPSA) is 94.9 Å². The van der Waals surface area contributed by atoms with Crippen LogP contribution in [0, 0.1) is 0 Å². The average molecular weight is 305 g/mol. The first-order valence-corrected chi connectivity index (χ1v) is 6.86. The Hall–Kier alpha value is -2.18. The number of benzene rings is 1. The van der Waals surface area contributed by atoms with E-state index in [0.717, 1.165) is 5.56 Å². The standard InChI is InChI=1S/C13H9ClN4OS/c14-7-3-1-6(2-4-7)11-9-10(15)8(5-19)20-12(9)18-13(16)17-11/h1-5H,15H2,(H2,16,17,18). The number of carbonyl (C=O) groups excluding carboxylic acids is 1. The van der Waals surface area contributed by atoms with E-state index in [4.69, 9.17) is 23.1 Å². The second kappa shape index (κ2) is 4.73. The number of nitrogens with two attached hydrogens (primary N) is 2. The summed E-state index contributed by atoms with van der Waals surface area (Å²) in [4.78, 5) is 20.4. The molecule has 7 heteroatoms. The largest absolute Gasteiger partial charge is 0.397 e. The summed E-state index contributed by atoms with van der Waals surface area (Å²) in [5.41, 5.74) is 13.5. The molecule has 0 saturated heterocycles. The van der Waals surface area contributed by atoms with E-state index in [0.29, 0.717) is 37.8 Å². The van der Waals surface area contributed by atoms with Gasteiger partial charge in [0.15, 0.2) is 6.29 Å². The second-order valence-electron chi connectivity index (χ2n) is 4.12. The highest BCUT2D eigenvalue weighted by Gasteiger charge is 2.17. The molecule has 0 aliphatic heterocycles. The smallest absolute Gasteiger partial charge is 0.221 e. The molecule has 0 bridgehead atoms. The van der Waals surface area contributed by atoms with E-state index in [9.17, 15) is 4.79 Å². The minimum absolute atomic E-state index is 0.140. The highest BCUT2D eigenvalue weighted by Crippen LogP contribution is 2.38. The van der Waals surface area contributed by atoms with E-state index in [1.54, 1.807) is 12.1 Å². The number of nitrogens with zero attached hydrogens (tertiary/aromatic N) is 2. The number of hydrogen-bond acceptors (Lipinski definition) is 6. The molecule has 0 atom stereocenters. The van der Waals surface area contributed by atoms with Crippen molar-refractivity contribution in [2.75, 3.05) is 11.5 Å². The van der Waals surface area contributed by atoms with Crippen LogP contribution in [0.15, 0.2) is 24.3 Å². The lowest BCUT2D eigenvalue weighted by Gasteiger charge is -2.05. The summed E-state index contributed by atoms with van der Waals surface area (Å²) >= 11 is 7.08. The van der Waals surface area contributed by atoms with Gasteiger partial charge in [0.05, 0.1) is 21.6 Å². The molecule has 2 heterocycles. The maximum absolute atomic E-state index is 11.0. The van der Waals surface area contributed by atoms with Crippen LogP contribution in [0.2, 0.25) is 5.02 Å². The molecule has 4 N–H and O–H groups in total. The maximum atomic E-state index is 11.0. The zero-order chi connectivity index (χ0) is 14.3. The van der Waals surface area contributed by atoms with Crippen molar-refractivity contribution in [2.45, 2.75) is 0 Å². The molecule has 1 aromatic carbocycles. The van der Waals surface area contributed by atoms with Gasteiger partial charge in [0.1, 0.15) is 4.83 Å². The number of aromatic nitrogens is 2. The van der Waals surface area contributed by atoms with Crippen LogP contribution in [0.25, 0.3) is 21.5 Å². The maximum Gasteiger partial charge on any atom is 0.221 e. The number of aldehydes is 1. The fourth-order valence-corrected chi connectivity index (χ4v) is 3.00. The third-order valence-electron chi connectivity index (χ3n) is 2.86.